The number of benzene rings is 2. The first-order valence-electron chi connectivity index (χ1n) is 11.0. The number of carbonyl (C=O) groups is 4. The van der Waals surface area contributed by atoms with E-state index in [1.807, 2.05) is 36.4 Å². The predicted molar refractivity (Wildman–Crippen MR) is 123 cm³/mol. The second-order valence-corrected chi connectivity index (χ2v) is 9.50. The molecule has 33 heavy (non-hydrogen) atoms. The van der Waals surface area contributed by atoms with Crippen LogP contribution in [0.5, 0.6) is 0 Å². The maximum absolute atomic E-state index is 13.4. The molecule has 8 nitrogen and oxygen atoms in total. The van der Waals surface area contributed by atoms with Gasteiger partial charge in [-0.15, -0.1) is 0 Å². The Kier molecular flexibility index (Phi) is 5.93. The van der Waals surface area contributed by atoms with Gasteiger partial charge in [-0.1, -0.05) is 50.2 Å². The van der Waals surface area contributed by atoms with Gasteiger partial charge < -0.3 is 20.6 Å². The van der Waals surface area contributed by atoms with Gasteiger partial charge >= 0.3 is 5.97 Å². The van der Waals surface area contributed by atoms with Crippen LogP contribution in [0.15, 0.2) is 48.5 Å². The van der Waals surface area contributed by atoms with Gasteiger partial charge in [0.1, 0.15) is 6.04 Å². The summed E-state index contributed by atoms with van der Waals surface area (Å²) in [6, 6.07) is 14.0. The number of nitrogens with zero attached hydrogens (tertiary/aromatic N) is 1. The van der Waals surface area contributed by atoms with Gasteiger partial charge in [-0.3, -0.25) is 19.2 Å². The van der Waals surface area contributed by atoms with Crippen LogP contribution < -0.4 is 10.6 Å². The summed E-state index contributed by atoms with van der Waals surface area (Å²) in [5, 5.41) is 14.8. The minimum atomic E-state index is -0.960. The van der Waals surface area contributed by atoms with E-state index < -0.39 is 17.4 Å². The summed E-state index contributed by atoms with van der Waals surface area (Å²) in [4.78, 5) is 51.3. The van der Waals surface area contributed by atoms with Crippen LogP contribution in [0.3, 0.4) is 0 Å². The van der Waals surface area contributed by atoms with E-state index in [-0.39, 0.29) is 43.1 Å². The summed E-state index contributed by atoms with van der Waals surface area (Å²) in [5.74, 6) is -1.78. The lowest BCUT2D eigenvalue weighted by atomic mass is 9.85. The van der Waals surface area contributed by atoms with Crippen molar-refractivity contribution in [2.75, 3.05) is 11.9 Å². The molecule has 2 atom stereocenters. The van der Waals surface area contributed by atoms with E-state index in [2.05, 4.69) is 10.6 Å². The van der Waals surface area contributed by atoms with E-state index in [4.69, 9.17) is 5.11 Å². The highest BCUT2D eigenvalue weighted by Gasteiger charge is 2.43. The second-order valence-electron chi connectivity index (χ2n) is 9.50. The Hall–Kier alpha value is -3.68. The summed E-state index contributed by atoms with van der Waals surface area (Å²) in [6.07, 6.45) is 0.230. The van der Waals surface area contributed by atoms with Gasteiger partial charge in [-0.05, 0) is 35.1 Å². The summed E-state index contributed by atoms with van der Waals surface area (Å²) in [6.45, 7) is 3.67. The standard InChI is InChI=1S/C25H27N3O5/c1-25(2,13-22(30)31)12-21(29)26-17-11-20-23(32)27-19-9-8-16(15-6-4-3-5-7-15)10-18(19)24(33)28(20)14-17/h3-10,17,20H,11-14H2,1-2H3,(H,26,29)(H,27,32)(H,30,31)/t17-,20-/m0/s1. The molecule has 2 aromatic rings. The summed E-state index contributed by atoms with van der Waals surface area (Å²) < 4.78 is 0. The van der Waals surface area contributed by atoms with Crippen LogP contribution in [-0.2, 0) is 14.4 Å². The summed E-state index contributed by atoms with van der Waals surface area (Å²) in [5.41, 5.74) is 2.05. The minimum absolute atomic E-state index is 0.0455. The Morgan fingerprint density at radius 2 is 1.82 bits per heavy atom. The normalized spacial score (nSPS) is 19.9. The van der Waals surface area contributed by atoms with Gasteiger partial charge in [-0.2, -0.15) is 0 Å². The molecule has 172 valence electrons. The average Bonchev–Trinajstić information content (AvgIpc) is 3.12. The number of anilines is 1. The summed E-state index contributed by atoms with van der Waals surface area (Å²) >= 11 is 0. The van der Waals surface area contributed by atoms with Crippen LogP contribution in [0.1, 0.15) is 43.5 Å². The van der Waals surface area contributed by atoms with Gasteiger partial charge in [0.15, 0.2) is 0 Å². The van der Waals surface area contributed by atoms with E-state index in [0.29, 0.717) is 17.7 Å². The number of nitrogens with one attached hydrogen (secondary N) is 2. The Labute approximate surface area is 192 Å². The minimum Gasteiger partial charge on any atom is -0.481 e. The molecule has 0 radical (unpaired) electrons. The number of fused-ring (bicyclic) bond motifs is 2. The molecule has 0 aromatic heterocycles. The van der Waals surface area contributed by atoms with Crippen molar-refractivity contribution in [1.29, 1.82) is 0 Å². The smallest absolute Gasteiger partial charge is 0.303 e. The molecule has 0 aliphatic carbocycles. The Morgan fingerprint density at radius 1 is 1.09 bits per heavy atom. The van der Waals surface area contributed by atoms with Crippen molar-refractivity contribution in [3.8, 4) is 11.1 Å². The number of carboxylic acid groups (broad SMARTS) is 1. The van der Waals surface area contributed by atoms with E-state index in [1.165, 1.54) is 4.90 Å². The topological polar surface area (TPSA) is 116 Å². The number of rotatable bonds is 6. The number of carboxylic acids is 1. The Balaban J connectivity index is 1.51. The molecule has 8 heteroatoms. The van der Waals surface area contributed by atoms with Gasteiger partial charge in [0.2, 0.25) is 11.8 Å². The average molecular weight is 450 g/mol. The van der Waals surface area contributed by atoms with Crippen LogP contribution in [0.25, 0.3) is 11.1 Å². The van der Waals surface area contributed by atoms with Crippen molar-refractivity contribution in [3.63, 3.8) is 0 Å². The molecule has 3 amide bonds. The highest BCUT2D eigenvalue weighted by atomic mass is 16.4. The molecule has 2 heterocycles. The fourth-order valence-corrected chi connectivity index (χ4v) is 4.61. The lowest BCUT2D eigenvalue weighted by Gasteiger charge is -2.23. The quantitative estimate of drug-likeness (QED) is 0.627. The molecule has 0 unspecified atom stereocenters. The molecule has 1 fully saturated rings. The number of hydrogen-bond donors (Lipinski definition) is 3. The Morgan fingerprint density at radius 3 is 2.52 bits per heavy atom. The molecule has 4 rings (SSSR count). The first-order valence-corrected chi connectivity index (χ1v) is 11.0. The molecule has 2 aliphatic heterocycles. The number of carbonyl (C=O) groups excluding carboxylic acids is 3. The zero-order valence-corrected chi connectivity index (χ0v) is 18.6. The van der Waals surface area contributed by atoms with E-state index >= 15 is 0 Å². The van der Waals surface area contributed by atoms with Gasteiger partial charge in [0.05, 0.1) is 17.7 Å². The number of amides is 3. The van der Waals surface area contributed by atoms with Crippen molar-refractivity contribution in [2.24, 2.45) is 5.41 Å². The van der Waals surface area contributed by atoms with Gasteiger partial charge in [0, 0.05) is 19.0 Å². The first-order chi connectivity index (χ1) is 15.6. The molecule has 0 saturated carbocycles. The van der Waals surface area contributed by atoms with Crippen LogP contribution in [0.4, 0.5) is 5.69 Å². The van der Waals surface area contributed by atoms with Crippen LogP contribution in [-0.4, -0.2) is 52.3 Å². The van der Waals surface area contributed by atoms with Crippen LogP contribution in [0.2, 0.25) is 0 Å². The molecular weight excluding hydrogens is 422 g/mol. The van der Waals surface area contributed by atoms with Crippen LogP contribution >= 0.6 is 0 Å². The van der Waals surface area contributed by atoms with Gasteiger partial charge in [-0.25, -0.2) is 0 Å². The molecule has 0 spiro atoms. The second kappa shape index (κ2) is 8.69. The van der Waals surface area contributed by atoms with E-state index in [9.17, 15) is 19.2 Å². The molecule has 3 N–H and O–H groups in total. The zero-order valence-electron chi connectivity index (χ0n) is 18.6. The van der Waals surface area contributed by atoms with Crippen molar-refractivity contribution >= 4 is 29.4 Å². The number of aliphatic carboxylic acids is 1. The zero-order chi connectivity index (χ0) is 23.8. The maximum atomic E-state index is 13.4. The maximum Gasteiger partial charge on any atom is 0.303 e. The van der Waals surface area contributed by atoms with Crippen molar-refractivity contribution in [3.05, 3.63) is 54.1 Å². The van der Waals surface area contributed by atoms with Crippen molar-refractivity contribution < 1.29 is 24.3 Å². The fourth-order valence-electron chi connectivity index (χ4n) is 4.61. The third-order valence-electron chi connectivity index (χ3n) is 6.11. The highest BCUT2D eigenvalue weighted by molar-refractivity contribution is 6.10. The SMILES string of the molecule is CC(C)(CC(=O)O)CC(=O)N[C@H]1C[C@H]2C(=O)Nc3ccc(-c4ccccc4)cc3C(=O)N2C1. The molecule has 2 aliphatic rings. The summed E-state index contributed by atoms with van der Waals surface area (Å²) in [7, 11) is 0. The molecule has 0 bridgehead atoms. The van der Waals surface area contributed by atoms with Crippen LogP contribution in [0, 0.1) is 5.41 Å². The lowest BCUT2D eigenvalue weighted by Crippen LogP contribution is -2.41. The Bertz CT molecular complexity index is 1110. The predicted octanol–water partition coefficient (Wildman–Crippen LogP) is 2.90. The first kappa shape index (κ1) is 22.5. The number of hydrogen-bond acceptors (Lipinski definition) is 4. The largest absolute Gasteiger partial charge is 0.481 e. The highest BCUT2D eigenvalue weighted by Crippen LogP contribution is 2.32. The molecule has 1 saturated heterocycles. The molecule has 2 aromatic carbocycles. The fraction of sp³-hybridized carbons (Fsp3) is 0.360. The van der Waals surface area contributed by atoms with E-state index in [0.717, 1.165) is 11.1 Å². The third-order valence-corrected chi connectivity index (χ3v) is 6.11. The molecular formula is C25H27N3O5. The van der Waals surface area contributed by atoms with E-state index in [1.54, 1.807) is 26.0 Å². The van der Waals surface area contributed by atoms with Crippen molar-refractivity contribution in [2.45, 2.75) is 45.2 Å². The third kappa shape index (κ3) is 4.89. The monoisotopic (exact) mass is 449 g/mol. The van der Waals surface area contributed by atoms with Crippen molar-refractivity contribution in [1.82, 2.24) is 10.2 Å². The van der Waals surface area contributed by atoms with Gasteiger partial charge in [0.25, 0.3) is 5.91 Å². The lowest BCUT2D eigenvalue weighted by molar-refractivity contribution is -0.139.